The Kier molecular flexibility index (Phi) is 7.99. The maximum absolute atomic E-state index is 12.4. The van der Waals surface area contributed by atoms with Gasteiger partial charge < -0.3 is 15.2 Å². The van der Waals surface area contributed by atoms with Crippen LogP contribution < -0.4 is 10.7 Å². The van der Waals surface area contributed by atoms with Crippen molar-refractivity contribution in [2.45, 2.75) is 46.0 Å². The van der Waals surface area contributed by atoms with E-state index in [1.54, 1.807) is 11.1 Å². The van der Waals surface area contributed by atoms with E-state index in [0.717, 1.165) is 37.8 Å². The van der Waals surface area contributed by atoms with Crippen LogP contribution in [0.1, 0.15) is 46.0 Å². The summed E-state index contributed by atoms with van der Waals surface area (Å²) >= 11 is 0. The molecule has 0 radical (unpaired) electrons. The van der Waals surface area contributed by atoms with Crippen LogP contribution in [0.5, 0.6) is 0 Å². The molecule has 0 amide bonds. The Balaban J connectivity index is 2.13. The number of carbonyl (C=O) groups excluding carboxylic acids is 1. The number of ether oxygens (including phenoxy) is 2. The van der Waals surface area contributed by atoms with Gasteiger partial charge in [0.25, 0.3) is 0 Å². The van der Waals surface area contributed by atoms with Crippen LogP contribution in [0.15, 0.2) is 47.4 Å². The van der Waals surface area contributed by atoms with Crippen LogP contribution in [-0.2, 0) is 14.3 Å². The fourth-order valence-corrected chi connectivity index (χ4v) is 2.51. The summed E-state index contributed by atoms with van der Waals surface area (Å²) in [5, 5.41) is 6.02. The molecule has 6 heteroatoms. The molecule has 0 bridgehead atoms. The minimum atomic E-state index is -0.715. The third kappa shape index (κ3) is 5.51. The Bertz CT molecular complexity index is 628. The molecule has 1 unspecified atom stereocenters. The van der Waals surface area contributed by atoms with Gasteiger partial charge in [0, 0.05) is 0 Å². The third-order valence-corrected chi connectivity index (χ3v) is 4.05. The number of nitrogens with zero attached hydrogens (tertiary/aromatic N) is 2. The quantitative estimate of drug-likeness (QED) is 0.508. The molecule has 0 saturated heterocycles. The van der Waals surface area contributed by atoms with Gasteiger partial charge in [0.1, 0.15) is 11.8 Å². The average molecular weight is 359 g/mol. The molecule has 142 valence electrons. The number of hydrogen-bond acceptors (Lipinski definition) is 6. The van der Waals surface area contributed by atoms with Gasteiger partial charge in [-0.05, 0) is 31.1 Å². The number of benzene rings is 1. The second kappa shape index (κ2) is 10.5. The van der Waals surface area contributed by atoms with Crippen molar-refractivity contribution in [3.05, 3.63) is 42.3 Å². The highest BCUT2D eigenvalue weighted by Gasteiger charge is 2.30. The predicted octanol–water partition coefficient (Wildman–Crippen LogP) is 3.79. The topological polar surface area (TPSA) is 77.2 Å². The highest BCUT2D eigenvalue weighted by molar-refractivity contribution is 6.03. The van der Waals surface area contributed by atoms with Gasteiger partial charge in [0.2, 0.25) is 5.88 Å². The van der Waals surface area contributed by atoms with Crippen LogP contribution in [0.2, 0.25) is 0 Å². The number of carbonyl (C=O) groups is 1. The SMILES string of the molecule is CCCCCOC(=O)C1C=C(OCCCC)N(c2ccccc2)N=C1N. The van der Waals surface area contributed by atoms with Crippen LogP contribution in [-0.4, -0.2) is 25.0 Å². The number of nitrogens with two attached hydrogens (primary N) is 1. The smallest absolute Gasteiger partial charge is 0.320 e. The van der Waals surface area contributed by atoms with Crippen LogP contribution in [0, 0.1) is 5.92 Å². The van der Waals surface area contributed by atoms with Crippen molar-refractivity contribution in [1.82, 2.24) is 0 Å². The minimum Gasteiger partial charge on any atom is -0.478 e. The lowest BCUT2D eigenvalue weighted by atomic mass is 10.1. The summed E-state index contributed by atoms with van der Waals surface area (Å²) in [5.74, 6) is -0.383. The molecule has 1 aliphatic heterocycles. The monoisotopic (exact) mass is 359 g/mol. The van der Waals surface area contributed by atoms with E-state index >= 15 is 0 Å². The molecule has 6 nitrogen and oxygen atoms in total. The van der Waals surface area contributed by atoms with Crippen molar-refractivity contribution in [3.8, 4) is 0 Å². The molecule has 1 atom stereocenters. The normalized spacial score (nSPS) is 16.7. The second-order valence-electron chi connectivity index (χ2n) is 6.23. The first-order valence-electron chi connectivity index (χ1n) is 9.37. The fourth-order valence-electron chi connectivity index (χ4n) is 2.51. The van der Waals surface area contributed by atoms with Crippen molar-refractivity contribution in [2.24, 2.45) is 16.8 Å². The lowest BCUT2D eigenvalue weighted by Gasteiger charge is -2.28. The van der Waals surface area contributed by atoms with Gasteiger partial charge in [-0.25, -0.2) is 0 Å². The Labute approximate surface area is 155 Å². The van der Waals surface area contributed by atoms with Crippen molar-refractivity contribution < 1.29 is 14.3 Å². The summed E-state index contributed by atoms with van der Waals surface area (Å²) in [6, 6.07) is 9.59. The molecular formula is C20H29N3O3. The maximum atomic E-state index is 12.4. The summed E-state index contributed by atoms with van der Waals surface area (Å²) in [6.45, 7) is 5.16. The number of anilines is 1. The summed E-state index contributed by atoms with van der Waals surface area (Å²) in [4.78, 5) is 12.4. The molecule has 2 N–H and O–H groups in total. The number of para-hydroxylation sites is 1. The van der Waals surface area contributed by atoms with Gasteiger partial charge in [0.15, 0.2) is 0 Å². The number of rotatable bonds is 10. The lowest BCUT2D eigenvalue weighted by molar-refractivity contribution is -0.145. The molecule has 0 aliphatic carbocycles. The summed E-state index contributed by atoms with van der Waals surface area (Å²) in [5.41, 5.74) is 6.89. The molecule has 1 aromatic rings. The molecule has 1 aromatic carbocycles. The van der Waals surface area contributed by atoms with E-state index in [1.165, 1.54) is 0 Å². The Morgan fingerprint density at radius 1 is 1.12 bits per heavy atom. The van der Waals surface area contributed by atoms with Gasteiger partial charge >= 0.3 is 5.97 Å². The zero-order chi connectivity index (χ0) is 18.8. The molecule has 26 heavy (non-hydrogen) atoms. The molecule has 2 rings (SSSR count). The van der Waals surface area contributed by atoms with E-state index in [1.807, 2.05) is 30.3 Å². The Morgan fingerprint density at radius 3 is 2.54 bits per heavy atom. The molecule has 0 saturated carbocycles. The number of amidine groups is 1. The second-order valence-corrected chi connectivity index (χ2v) is 6.23. The van der Waals surface area contributed by atoms with E-state index < -0.39 is 5.92 Å². The van der Waals surface area contributed by atoms with Gasteiger partial charge in [0.05, 0.1) is 18.9 Å². The van der Waals surface area contributed by atoms with Crippen molar-refractivity contribution in [2.75, 3.05) is 18.2 Å². The molecule has 1 aliphatic rings. The van der Waals surface area contributed by atoms with E-state index in [-0.39, 0.29) is 11.8 Å². The zero-order valence-corrected chi connectivity index (χ0v) is 15.7. The van der Waals surface area contributed by atoms with Crippen molar-refractivity contribution >= 4 is 17.5 Å². The summed E-state index contributed by atoms with van der Waals surface area (Å²) in [7, 11) is 0. The Morgan fingerprint density at radius 2 is 1.85 bits per heavy atom. The van der Waals surface area contributed by atoms with Crippen LogP contribution >= 0.6 is 0 Å². The van der Waals surface area contributed by atoms with Crippen LogP contribution in [0.4, 0.5) is 5.69 Å². The van der Waals surface area contributed by atoms with Gasteiger partial charge in [-0.15, -0.1) is 0 Å². The summed E-state index contributed by atoms with van der Waals surface area (Å²) < 4.78 is 11.2. The van der Waals surface area contributed by atoms with Crippen molar-refractivity contribution in [3.63, 3.8) is 0 Å². The van der Waals surface area contributed by atoms with Crippen molar-refractivity contribution in [1.29, 1.82) is 0 Å². The zero-order valence-electron chi connectivity index (χ0n) is 15.7. The molecular weight excluding hydrogens is 330 g/mol. The largest absolute Gasteiger partial charge is 0.478 e. The Hall–Kier alpha value is -2.50. The first-order valence-corrected chi connectivity index (χ1v) is 9.37. The van der Waals surface area contributed by atoms with E-state index in [4.69, 9.17) is 15.2 Å². The fraction of sp³-hybridized carbons (Fsp3) is 0.500. The molecule has 0 aromatic heterocycles. The standard InChI is InChI=1S/C20H29N3O3/c1-3-5-10-14-26-20(24)17-15-18(25-13-6-4-2)23(22-19(17)21)16-11-8-7-9-12-16/h7-9,11-12,15,17H,3-6,10,13-14H2,1-2H3,(H2,21,22). The highest BCUT2D eigenvalue weighted by Crippen LogP contribution is 2.26. The van der Waals surface area contributed by atoms with Crippen LogP contribution in [0.3, 0.4) is 0 Å². The van der Waals surface area contributed by atoms with E-state index in [2.05, 4.69) is 18.9 Å². The number of esters is 1. The third-order valence-electron chi connectivity index (χ3n) is 4.05. The lowest BCUT2D eigenvalue weighted by Crippen LogP contribution is -2.38. The van der Waals surface area contributed by atoms with Crippen LogP contribution in [0.25, 0.3) is 0 Å². The van der Waals surface area contributed by atoms with E-state index in [9.17, 15) is 4.79 Å². The first kappa shape index (κ1) is 19.8. The average Bonchev–Trinajstić information content (AvgIpc) is 2.66. The minimum absolute atomic E-state index is 0.206. The number of hydrogen-bond donors (Lipinski definition) is 1. The summed E-state index contributed by atoms with van der Waals surface area (Å²) in [6.07, 6.45) is 6.60. The number of unbranched alkanes of at least 4 members (excludes halogenated alkanes) is 3. The first-order chi connectivity index (χ1) is 12.7. The van der Waals surface area contributed by atoms with E-state index in [0.29, 0.717) is 19.1 Å². The number of hydrazone groups is 1. The van der Waals surface area contributed by atoms with Gasteiger partial charge in [-0.1, -0.05) is 51.3 Å². The highest BCUT2D eigenvalue weighted by atomic mass is 16.5. The van der Waals surface area contributed by atoms with Gasteiger partial charge in [-0.3, -0.25) is 4.79 Å². The molecule has 0 fully saturated rings. The predicted molar refractivity (Wildman–Crippen MR) is 103 cm³/mol. The molecule has 1 heterocycles. The molecule has 0 spiro atoms. The van der Waals surface area contributed by atoms with Gasteiger partial charge in [-0.2, -0.15) is 10.1 Å². The maximum Gasteiger partial charge on any atom is 0.320 e.